The largest absolute Gasteiger partial charge is 0.336 e. The van der Waals surface area contributed by atoms with Crippen molar-refractivity contribution in [2.24, 2.45) is 0 Å². The highest BCUT2D eigenvalue weighted by Crippen LogP contribution is 2.15. The quantitative estimate of drug-likeness (QED) is 0.726. The van der Waals surface area contributed by atoms with Gasteiger partial charge in [-0.3, -0.25) is 9.48 Å². The van der Waals surface area contributed by atoms with Gasteiger partial charge in [0.05, 0.1) is 11.7 Å². The number of benzene rings is 1. The summed E-state index contributed by atoms with van der Waals surface area (Å²) in [5.41, 5.74) is 3.43. The second-order valence-electron chi connectivity index (χ2n) is 5.19. The number of hydrogen-bond donors (Lipinski definition) is 0. The summed E-state index contributed by atoms with van der Waals surface area (Å²) in [7, 11) is 1.80. The number of aromatic nitrogens is 4. The van der Waals surface area contributed by atoms with Crippen LogP contribution in [0.25, 0.3) is 11.0 Å². The monoisotopic (exact) mass is 315 g/mol. The Morgan fingerprint density at radius 1 is 1.27 bits per heavy atom. The molecule has 0 N–H and O–H groups in total. The summed E-state index contributed by atoms with van der Waals surface area (Å²) >= 11 is 1.20. The number of fused-ring (bicyclic) bond motifs is 1. The minimum absolute atomic E-state index is 0.0255. The van der Waals surface area contributed by atoms with Crippen LogP contribution in [0.5, 0.6) is 0 Å². The summed E-state index contributed by atoms with van der Waals surface area (Å²) < 4.78 is 10.2. The maximum Gasteiger partial charge on any atom is 0.272 e. The van der Waals surface area contributed by atoms with Crippen LogP contribution >= 0.6 is 11.7 Å². The Labute approximate surface area is 132 Å². The normalized spacial score (nSPS) is 11.0. The first-order valence-corrected chi connectivity index (χ1v) is 7.90. The number of carbonyl (C=O) groups is 1. The molecule has 6 nitrogen and oxygen atoms in total. The van der Waals surface area contributed by atoms with E-state index in [1.54, 1.807) is 28.9 Å². The zero-order chi connectivity index (χ0) is 15.5. The van der Waals surface area contributed by atoms with E-state index in [-0.39, 0.29) is 5.91 Å². The minimum atomic E-state index is -0.0255. The predicted octanol–water partition coefficient (Wildman–Crippen LogP) is 2.57. The van der Waals surface area contributed by atoms with Crippen LogP contribution in [0.3, 0.4) is 0 Å². The lowest BCUT2D eigenvalue weighted by atomic mass is 10.2. The van der Waals surface area contributed by atoms with E-state index in [0.717, 1.165) is 29.6 Å². The van der Waals surface area contributed by atoms with Crippen LogP contribution < -0.4 is 0 Å². The topological polar surface area (TPSA) is 63.9 Å². The first-order chi connectivity index (χ1) is 10.7. The average molecular weight is 315 g/mol. The predicted molar refractivity (Wildman–Crippen MR) is 85.7 cm³/mol. The Balaban J connectivity index is 1.76. The van der Waals surface area contributed by atoms with Gasteiger partial charge in [-0.2, -0.15) is 13.8 Å². The molecule has 0 bridgehead atoms. The SMILES string of the molecule is CCCn1nccc1C(=O)N(C)Cc1ccc2nsnc2c1. The fourth-order valence-corrected chi connectivity index (χ4v) is 2.89. The number of carbonyl (C=O) groups excluding carboxylic acids is 1. The lowest BCUT2D eigenvalue weighted by Gasteiger charge is -2.18. The van der Waals surface area contributed by atoms with E-state index in [4.69, 9.17) is 0 Å². The van der Waals surface area contributed by atoms with Crippen molar-refractivity contribution in [3.63, 3.8) is 0 Å². The highest BCUT2D eigenvalue weighted by atomic mass is 32.1. The molecule has 22 heavy (non-hydrogen) atoms. The second-order valence-corrected chi connectivity index (χ2v) is 5.72. The van der Waals surface area contributed by atoms with E-state index in [0.29, 0.717) is 12.2 Å². The van der Waals surface area contributed by atoms with Crippen molar-refractivity contribution in [3.8, 4) is 0 Å². The molecule has 0 unspecified atom stereocenters. The summed E-state index contributed by atoms with van der Waals surface area (Å²) in [5.74, 6) is -0.0255. The highest BCUT2D eigenvalue weighted by Gasteiger charge is 2.16. The standard InChI is InChI=1S/C15H17N5OS/c1-3-8-20-14(6-7-16-20)15(21)19(2)10-11-4-5-12-13(9-11)18-22-17-12/h4-7,9H,3,8,10H2,1-2H3. The molecule has 7 heteroatoms. The van der Waals surface area contributed by atoms with E-state index in [1.807, 2.05) is 18.2 Å². The molecule has 0 aliphatic heterocycles. The molecule has 0 saturated heterocycles. The van der Waals surface area contributed by atoms with E-state index in [9.17, 15) is 4.79 Å². The van der Waals surface area contributed by atoms with Crippen molar-refractivity contribution >= 4 is 28.7 Å². The van der Waals surface area contributed by atoms with Crippen LogP contribution in [0.1, 0.15) is 29.4 Å². The van der Waals surface area contributed by atoms with Gasteiger partial charge < -0.3 is 4.90 Å². The molecular weight excluding hydrogens is 298 g/mol. The van der Waals surface area contributed by atoms with E-state index in [2.05, 4.69) is 20.8 Å². The van der Waals surface area contributed by atoms with Crippen LogP contribution in [0.2, 0.25) is 0 Å². The molecule has 1 aromatic carbocycles. The molecule has 0 aliphatic rings. The third kappa shape index (κ3) is 2.85. The fraction of sp³-hybridized carbons (Fsp3) is 0.333. The second kappa shape index (κ2) is 6.23. The molecule has 0 radical (unpaired) electrons. The summed E-state index contributed by atoms with van der Waals surface area (Å²) in [4.78, 5) is 14.3. The molecule has 3 rings (SSSR count). The molecular formula is C15H17N5OS. The van der Waals surface area contributed by atoms with Crippen LogP contribution in [0, 0.1) is 0 Å². The van der Waals surface area contributed by atoms with Gasteiger partial charge in [-0.1, -0.05) is 13.0 Å². The Hall–Kier alpha value is -2.28. The average Bonchev–Trinajstić information content (AvgIpc) is 3.15. The molecule has 0 fully saturated rings. The van der Waals surface area contributed by atoms with Crippen molar-refractivity contribution in [2.75, 3.05) is 7.05 Å². The molecule has 0 atom stereocenters. The van der Waals surface area contributed by atoms with Gasteiger partial charge in [0.25, 0.3) is 5.91 Å². The van der Waals surface area contributed by atoms with E-state index in [1.165, 1.54) is 11.7 Å². The Morgan fingerprint density at radius 2 is 2.09 bits per heavy atom. The number of rotatable bonds is 5. The molecule has 0 saturated carbocycles. The van der Waals surface area contributed by atoms with Gasteiger partial charge in [-0.15, -0.1) is 0 Å². The molecule has 2 heterocycles. The Bertz CT molecular complexity index is 794. The molecule has 3 aromatic rings. The van der Waals surface area contributed by atoms with Crippen molar-refractivity contribution in [2.45, 2.75) is 26.4 Å². The summed E-state index contributed by atoms with van der Waals surface area (Å²) in [6, 6.07) is 7.67. The van der Waals surface area contributed by atoms with Crippen molar-refractivity contribution in [1.82, 2.24) is 23.4 Å². The molecule has 0 spiro atoms. The van der Waals surface area contributed by atoms with Gasteiger partial charge in [0.15, 0.2) is 0 Å². The van der Waals surface area contributed by atoms with Gasteiger partial charge >= 0.3 is 0 Å². The maximum atomic E-state index is 12.6. The zero-order valence-corrected chi connectivity index (χ0v) is 13.4. The lowest BCUT2D eigenvalue weighted by molar-refractivity contribution is 0.0772. The molecule has 0 aliphatic carbocycles. The number of amides is 1. The maximum absolute atomic E-state index is 12.6. The van der Waals surface area contributed by atoms with E-state index < -0.39 is 0 Å². The Kier molecular flexibility index (Phi) is 4.15. The summed E-state index contributed by atoms with van der Waals surface area (Å²) in [6.07, 6.45) is 2.61. The zero-order valence-electron chi connectivity index (χ0n) is 12.6. The van der Waals surface area contributed by atoms with Crippen LogP contribution in [0.15, 0.2) is 30.5 Å². The number of aryl methyl sites for hydroxylation is 1. The van der Waals surface area contributed by atoms with Crippen molar-refractivity contribution in [3.05, 3.63) is 41.7 Å². The third-order valence-electron chi connectivity index (χ3n) is 3.46. The summed E-state index contributed by atoms with van der Waals surface area (Å²) in [6.45, 7) is 3.35. The molecule has 2 aromatic heterocycles. The van der Waals surface area contributed by atoms with Gasteiger partial charge in [0.1, 0.15) is 16.7 Å². The van der Waals surface area contributed by atoms with Gasteiger partial charge in [0, 0.05) is 26.3 Å². The third-order valence-corrected chi connectivity index (χ3v) is 4.01. The van der Waals surface area contributed by atoms with Crippen LogP contribution in [0.4, 0.5) is 0 Å². The van der Waals surface area contributed by atoms with Gasteiger partial charge in [0.2, 0.25) is 0 Å². The smallest absolute Gasteiger partial charge is 0.272 e. The lowest BCUT2D eigenvalue weighted by Crippen LogP contribution is -2.28. The number of hydrogen-bond acceptors (Lipinski definition) is 5. The number of nitrogens with zero attached hydrogens (tertiary/aromatic N) is 5. The van der Waals surface area contributed by atoms with Crippen molar-refractivity contribution < 1.29 is 4.79 Å². The summed E-state index contributed by atoms with van der Waals surface area (Å²) in [5, 5.41) is 4.20. The Morgan fingerprint density at radius 3 is 2.91 bits per heavy atom. The molecule has 1 amide bonds. The fourth-order valence-electron chi connectivity index (χ4n) is 2.37. The minimum Gasteiger partial charge on any atom is -0.336 e. The molecule has 114 valence electrons. The van der Waals surface area contributed by atoms with Gasteiger partial charge in [-0.25, -0.2) is 0 Å². The van der Waals surface area contributed by atoms with Crippen molar-refractivity contribution in [1.29, 1.82) is 0 Å². The van der Waals surface area contributed by atoms with Crippen LogP contribution in [-0.4, -0.2) is 36.4 Å². The van der Waals surface area contributed by atoms with Gasteiger partial charge in [-0.05, 0) is 30.2 Å². The van der Waals surface area contributed by atoms with Crippen LogP contribution in [-0.2, 0) is 13.1 Å². The first-order valence-electron chi connectivity index (χ1n) is 7.17. The van der Waals surface area contributed by atoms with E-state index >= 15 is 0 Å². The first kappa shape index (κ1) is 14.6. The highest BCUT2D eigenvalue weighted by molar-refractivity contribution is 7.00.